The van der Waals surface area contributed by atoms with Gasteiger partial charge in [0, 0.05) is 19.6 Å². The number of methoxy groups -OCH3 is 1. The Morgan fingerprint density at radius 1 is 1.38 bits per heavy atom. The normalized spacial score (nSPS) is 10.5. The molecule has 1 aromatic carbocycles. The Balaban J connectivity index is 2.61. The van der Waals surface area contributed by atoms with Crippen LogP contribution in [-0.4, -0.2) is 38.1 Å². The molecule has 0 unspecified atom stereocenters. The molecular weight excluding hydrogens is 204 g/mol. The van der Waals surface area contributed by atoms with E-state index in [2.05, 4.69) is 9.64 Å². The Hall–Kier alpha value is -1.39. The number of esters is 1. The van der Waals surface area contributed by atoms with Crippen molar-refractivity contribution in [3.63, 3.8) is 0 Å². The molecule has 1 rings (SSSR count). The Labute approximate surface area is 96.0 Å². The van der Waals surface area contributed by atoms with Gasteiger partial charge in [-0.1, -0.05) is 12.1 Å². The Bertz CT molecular complexity index is 335. The molecule has 0 saturated carbocycles. The first-order valence-corrected chi connectivity index (χ1v) is 5.23. The van der Waals surface area contributed by atoms with E-state index >= 15 is 0 Å². The van der Waals surface area contributed by atoms with Crippen LogP contribution in [0.1, 0.15) is 15.9 Å². The summed E-state index contributed by atoms with van der Waals surface area (Å²) in [6.45, 7) is 2.34. The summed E-state index contributed by atoms with van der Waals surface area (Å²) in [5.74, 6) is -0.304. The SMILES string of the molecule is COC(=O)c1ccc(CN(C)CCN)cc1. The maximum Gasteiger partial charge on any atom is 0.337 e. The second kappa shape index (κ2) is 6.25. The molecule has 0 aliphatic carbocycles. The van der Waals surface area contributed by atoms with Crippen molar-refractivity contribution in [3.8, 4) is 0 Å². The molecular formula is C12H18N2O2. The lowest BCUT2D eigenvalue weighted by Crippen LogP contribution is -2.24. The molecule has 0 amide bonds. The van der Waals surface area contributed by atoms with Gasteiger partial charge in [-0.3, -0.25) is 0 Å². The van der Waals surface area contributed by atoms with Gasteiger partial charge in [-0.15, -0.1) is 0 Å². The van der Waals surface area contributed by atoms with Gasteiger partial charge in [-0.25, -0.2) is 4.79 Å². The molecule has 0 radical (unpaired) electrons. The topological polar surface area (TPSA) is 55.6 Å². The fourth-order valence-corrected chi connectivity index (χ4v) is 1.48. The van der Waals surface area contributed by atoms with E-state index in [1.807, 2.05) is 19.2 Å². The van der Waals surface area contributed by atoms with E-state index in [9.17, 15) is 4.79 Å². The lowest BCUT2D eigenvalue weighted by atomic mass is 10.1. The minimum absolute atomic E-state index is 0.304. The lowest BCUT2D eigenvalue weighted by molar-refractivity contribution is 0.0600. The van der Waals surface area contributed by atoms with E-state index in [0.717, 1.165) is 18.7 Å². The molecule has 0 heterocycles. The zero-order valence-electron chi connectivity index (χ0n) is 9.77. The Kier molecular flexibility index (Phi) is 4.95. The summed E-state index contributed by atoms with van der Waals surface area (Å²) in [5.41, 5.74) is 7.19. The number of hydrogen-bond acceptors (Lipinski definition) is 4. The third-order valence-electron chi connectivity index (χ3n) is 2.34. The molecule has 0 saturated heterocycles. The highest BCUT2D eigenvalue weighted by atomic mass is 16.5. The van der Waals surface area contributed by atoms with E-state index < -0.39 is 0 Å². The molecule has 4 heteroatoms. The smallest absolute Gasteiger partial charge is 0.337 e. The molecule has 2 N–H and O–H groups in total. The van der Waals surface area contributed by atoms with E-state index in [1.54, 1.807) is 12.1 Å². The second-order valence-corrected chi connectivity index (χ2v) is 3.71. The number of carbonyl (C=O) groups excluding carboxylic acids is 1. The van der Waals surface area contributed by atoms with Crippen molar-refractivity contribution in [3.05, 3.63) is 35.4 Å². The standard InChI is InChI=1S/C12H18N2O2/c1-14(8-7-13)9-10-3-5-11(6-4-10)12(15)16-2/h3-6H,7-9,13H2,1-2H3. The number of nitrogens with zero attached hydrogens (tertiary/aromatic N) is 1. The molecule has 0 spiro atoms. The van der Waals surface area contributed by atoms with Gasteiger partial charge in [-0.05, 0) is 24.7 Å². The van der Waals surface area contributed by atoms with Gasteiger partial charge >= 0.3 is 5.97 Å². The molecule has 0 atom stereocenters. The van der Waals surface area contributed by atoms with Gasteiger partial charge in [0.05, 0.1) is 12.7 Å². The zero-order chi connectivity index (χ0) is 12.0. The molecule has 16 heavy (non-hydrogen) atoms. The summed E-state index contributed by atoms with van der Waals surface area (Å²) >= 11 is 0. The first-order valence-electron chi connectivity index (χ1n) is 5.23. The highest BCUT2D eigenvalue weighted by Gasteiger charge is 2.05. The van der Waals surface area contributed by atoms with Gasteiger partial charge in [0.1, 0.15) is 0 Å². The molecule has 0 aromatic heterocycles. The molecule has 4 nitrogen and oxygen atoms in total. The summed E-state index contributed by atoms with van der Waals surface area (Å²) in [5, 5.41) is 0. The van der Waals surface area contributed by atoms with Crippen LogP contribution in [0, 0.1) is 0 Å². The number of likely N-dealkylation sites (N-methyl/N-ethyl adjacent to an activating group) is 1. The largest absolute Gasteiger partial charge is 0.465 e. The summed E-state index contributed by atoms with van der Waals surface area (Å²) < 4.78 is 4.63. The lowest BCUT2D eigenvalue weighted by Gasteiger charge is -2.15. The molecule has 0 aliphatic heterocycles. The maximum absolute atomic E-state index is 11.2. The van der Waals surface area contributed by atoms with Crippen LogP contribution in [0.25, 0.3) is 0 Å². The second-order valence-electron chi connectivity index (χ2n) is 3.71. The van der Waals surface area contributed by atoms with Crippen molar-refractivity contribution < 1.29 is 9.53 Å². The number of benzene rings is 1. The summed E-state index contributed by atoms with van der Waals surface area (Å²) in [7, 11) is 3.40. The fraction of sp³-hybridized carbons (Fsp3) is 0.417. The van der Waals surface area contributed by atoms with Gasteiger partial charge in [0.2, 0.25) is 0 Å². The molecule has 0 bridgehead atoms. The van der Waals surface area contributed by atoms with Crippen molar-refractivity contribution in [2.75, 3.05) is 27.2 Å². The van der Waals surface area contributed by atoms with E-state index in [4.69, 9.17) is 5.73 Å². The van der Waals surface area contributed by atoms with Crippen LogP contribution < -0.4 is 5.73 Å². The van der Waals surface area contributed by atoms with Gasteiger partial charge in [0.15, 0.2) is 0 Å². The molecule has 0 aliphatic rings. The highest BCUT2D eigenvalue weighted by Crippen LogP contribution is 2.07. The average Bonchev–Trinajstić information content (AvgIpc) is 2.29. The minimum Gasteiger partial charge on any atom is -0.465 e. The first-order chi connectivity index (χ1) is 7.67. The Morgan fingerprint density at radius 3 is 2.50 bits per heavy atom. The van der Waals surface area contributed by atoms with Crippen LogP contribution in [0.15, 0.2) is 24.3 Å². The van der Waals surface area contributed by atoms with Crippen LogP contribution in [0.4, 0.5) is 0 Å². The monoisotopic (exact) mass is 222 g/mol. The Morgan fingerprint density at radius 2 is 2.00 bits per heavy atom. The van der Waals surface area contributed by atoms with Crippen LogP contribution in [0.5, 0.6) is 0 Å². The number of ether oxygens (including phenoxy) is 1. The maximum atomic E-state index is 11.2. The number of rotatable bonds is 5. The van der Waals surface area contributed by atoms with Crippen molar-refractivity contribution in [2.24, 2.45) is 5.73 Å². The predicted molar refractivity (Wildman–Crippen MR) is 63.2 cm³/mol. The van der Waals surface area contributed by atoms with Crippen LogP contribution >= 0.6 is 0 Å². The number of hydrogen-bond donors (Lipinski definition) is 1. The fourth-order valence-electron chi connectivity index (χ4n) is 1.48. The quantitative estimate of drug-likeness (QED) is 0.751. The van der Waals surface area contributed by atoms with Gasteiger partial charge in [0.25, 0.3) is 0 Å². The first kappa shape index (κ1) is 12.7. The van der Waals surface area contributed by atoms with Crippen molar-refractivity contribution in [1.29, 1.82) is 0 Å². The van der Waals surface area contributed by atoms with E-state index in [0.29, 0.717) is 12.1 Å². The van der Waals surface area contributed by atoms with Crippen LogP contribution in [0.2, 0.25) is 0 Å². The third kappa shape index (κ3) is 3.64. The van der Waals surface area contributed by atoms with Gasteiger partial charge in [-0.2, -0.15) is 0 Å². The molecule has 0 fully saturated rings. The van der Waals surface area contributed by atoms with Crippen molar-refractivity contribution in [2.45, 2.75) is 6.54 Å². The number of carbonyl (C=O) groups is 1. The number of nitrogens with two attached hydrogens (primary N) is 1. The van der Waals surface area contributed by atoms with Crippen LogP contribution in [0.3, 0.4) is 0 Å². The molecule has 88 valence electrons. The average molecular weight is 222 g/mol. The van der Waals surface area contributed by atoms with Crippen molar-refractivity contribution in [1.82, 2.24) is 4.90 Å². The summed E-state index contributed by atoms with van der Waals surface area (Å²) in [6.07, 6.45) is 0. The van der Waals surface area contributed by atoms with E-state index in [1.165, 1.54) is 7.11 Å². The molecule has 1 aromatic rings. The third-order valence-corrected chi connectivity index (χ3v) is 2.34. The highest BCUT2D eigenvalue weighted by molar-refractivity contribution is 5.89. The van der Waals surface area contributed by atoms with Crippen LogP contribution in [-0.2, 0) is 11.3 Å². The zero-order valence-corrected chi connectivity index (χ0v) is 9.77. The minimum atomic E-state index is -0.304. The summed E-state index contributed by atoms with van der Waals surface area (Å²) in [6, 6.07) is 7.41. The van der Waals surface area contributed by atoms with E-state index in [-0.39, 0.29) is 5.97 Å². The van der Waals surface area contributed by atoms with Gasteiger partial charge < -0.3 is 15.4 Å². The summed E-state index contributed by atoms with van der Waals surface area (Å²) in [4.78, 5) is 13.3. The predicted octanol–water partition coefficient (Wildman–Crippen LogP) is 0.864. The van der Waals surface area contributed by atoms with Crippen molar-refractivity contribution >= 4 is 5.97 Å².